The number of hydrogen-bond acceptors (Lipinski definition) is 4. The van der Waals surface area contributed by atoms with E-state index in [2.05, 4.69) is 54.5 Å². The van der Waals surface area contributed by atoms with E-state index >= 15 is 0 Å². The molecule has 0 aliphatic carbocycles. The van der Waals surface area contributed by atoms with Crippen molar-refractivity contribution in [3.63, 3.8) is 0 Å². The van der Waals surface area contributed by atoms with Crippen LogP contribution in [0.3, 0.4) is 0 Å². The third-order valence-corrected chi connectivity index (χ3v) is 4.65. The Morgan fingerprint density at radius 2 is 1.78 bits per heavy atom. The van der Waals surface area contributed by atoms with Crippen molar-refractivity contribution in [2.45, 2.75) is 33.7 Å². The van der Waals surface area contributed by atoms with Crippen molar-refractivity contribution in [1.82, 2.24) is 5.32 Å². The third-order valence-electron chi connectivity index (χ3n) is 4.65. The molecule has 0 heterocycles. The van der Waals surface area contributed by atoms with Crippen LogP contribution in [0, 0.1) is 6.92 Å². The Morgan fingerprint density at radius 1 is 1.07 bits per heavy atom. The minimum Gasteiger partial charge on any atom is -0.497 e. The minimum atomic E-state index is 0.0377. The molecule has 1 amide bonds. The molecule has 0 bridgehead atoms. The van der Waals surface area contributed by atoms with Gasteiger partial charge < -0.3 is 20.3 Å². The molecule has 0 aromatic heterocycles. The molecular weight excluding hydrogens is 338 g/mol. The predicted molar refractivity (Wildman–Crippen MR) is 113 cm³/mol. The van der Waals surface area contributed by atoms with E-state index in [0.717, 1.165) is 30.1 Å². The fourth-order valence-corrected chi connectivity index (χ4v) is 2.97. The average Bonchev–Trinajstić information content (AvgIpc) is 2.69. The predicted octanol–water partition coefficient (Wildman–Crippen LogP) is 3.97. The number of nitrogens with one attached hydrogen (secondary N) is 2. The lowest BCUT2D eigenvalue weighted by Crippen LogP contribution is -2.25. The standard InChI is InChI=1S/C22H31N3O2/c1-5-25(6-2)19-9-12-21(17(3)15-19)23-14-13-22(26)24-16-18-7-10-20(27-4)11-8-18/h7-12,15,23H,5-6,13-14,16H2,1-4H3,(H,24,26). The van der Waals surface area contributed by atoms with Crippen molar-refractivity contribution in [2.24, 2.45) is 0 Å². The van der Waals surface area contributed by atoms with Crippen molar-refractivity contribution < 1.29 is 9.53 Å². The molecule has 5 nitrogen and oxygen atoms in total. The molecule has 2 N–H and O–H groups in total. The number of benzene rings is 2. The first-order valence-corrected chi connectivity index (χ1v) is 9.56. The van der Waals surface area contributed by atoms with E-state index in [1.165, 1.54) is 11.3 Å². The molecule has 0 aliphatic rings. The Morgan fingerprint density at radius 3 is 2.37 bits per heavy atom. The van der Waals surface area contributed by atoms with Gasteiger partial charge in [0.2, 0.25) is 5.91 Å². The maximum absolute atomic E-state index is 12.1. The Balaban J connectivity index is 1.77. The molecule has 0 aliphatic heterocycles. The van der Waals surface area contributed by atoms with E-state index in [4.69, 9.17) is 4.74 Å². The van der Waals surface area contributed by atoms with Crippen molar-refractivity contribution in [3.05, 3.63) is 53.6 Å². The fraction of sp³-hybridized carbons (Fsp3) is 0.409. The molecule has 0 unspecified atom stereocenters. The molecule has 5 heteroatoms. The van der Waals surface area contributed by atoms with E-state index in [1.807, 2.05) is 24.3 Å². The van der Waals surface area contributed by atoms with Gasteiger partial charge in [-0.1, -0.05) is 12.1 Å². The number of rotatable bonds is 10. The summed E-state index contributed by atoms with van der Waals surface area (Å²) in [5.74, 6) is 0.854. The Labute approximate surface area is 162 Å². The summed E-state index contributed by atoms with van der Waals surface area (Å²) in [6.45, 7) is 9.55. The maximum atomic E-state index is 12.1. The van der Waals surface area contributed by atoms with Gasteiger partial charge in [0, 0.05) is 44.0 Å². The van der Waals surface area contributed by atoms with Crippen LogP contribution in [-0.2, 0) is 11.3 Å². The largest absolute Gasteiger partial charge is 0.497 e. The monoisotopic (exact) mass is 369 g/mol. The Kier molecular flexibility index (Phi) is 7.99. The molecule has 0 fully saturated rings. The van der Waals surface area contributed by atoms with Crippen LogP contribution in [0.15, 0.2) is 42.5 Å². The molecule has 0 spiro atoms. The summed E-state index contributed by atoms with van der Waals surface area (Å²) >= 11 is 0. The first-order chi connectivity index (χ1) is 13.1. The van der Waals surface area contributed by atoms with Gasteiger partial charge in [-0.05, 0) is 62.2 Å². The number of methoxy groups -OCH3 is 1. The molecule has 146 valence electrons. The van der Waals surface area contributed by atoms with E-state index in [9.17, 15) is 4.79 Å². The SMILES string of the molecule is CCN(CC)c1ccc(NCCC(=O)NCc2ccc(OC)cc2)c(C)c1. The molecular formula is C22H31N3O2. The van der Waals surface area contributed by atoms with Crippen molar-refractivity contribution in [1.29, 1.82) is 0 Å². The van der Waals surface area contributed by atoms with Crippen LogP contribution in [0.25, 0.3) is 0 Å². The lowest BCUT2D eigenvalue weighted by atomic mass is 10.1. The lowest BCUT2D eigenvalue weighted by molar-refractivity contribution is -0.121. The topological polar surface area (TPSA) is 53.6 Å². The third kappa shape index (κ3) is 6.20. The number of carbonyl (C=O) groups excluding carboxylic acids is 1. The molecule has 0 saturated carbocycles. The van der Waals surface area contributed by atoms with Gasteiger partial charge in [0.25, 0.3) is 0 Å². The molecule has 2 aromatic carbocycles. The number of anilines is 2. The second-order valence-corrected chi connectivity index (χ2v) is 6.47. The number of carbonyl (C=O) groups is 1. The van der Waals surface area contributed by atoms with Crippen molar-refractivity contribution >= 4 is 17.3 Å². The van der Waals surface area contributed by atoms with Gasteiger partial charge in [0.05, 0.1) is 7.11 Å². The maximum Gasteiger partial charge on any atom is 0.222 e. The normalized spacial score (nSPS) is 10.4. The van der Waals surface area contributed by atoms with Gasteiger partial charge in [0.1, 0.15) is 5.75 Å². The zero-order valence-electron chi connectivity index (χ0n) is 16.8. The van der Waals surface area contributed by atoms with Gasteiger partial charge in [-0.3, -0.25) is 4.79 Å². The second-order valence-electron chi connectivity index (χ2n) is 6.47. The molecule has 2 rings (SSSR count). The van der Waals surface area contributed by atoms with E-state index < -0.39 is 0 Å². The van der Waals surface area contributed by atoms with Crippen molar-refractivity contribution in [3.8, 4) is 5.75 Å². The number of ether oxygens (including phenoxy) is 1. The number of amides is 1. The summed E-state index contributed by atoms with van der Waals surface area (Å²) in [7, 11) is 1.64. The molecule has 0 saturated heterocycles. The average molecular weight is 370 g/mol. The van der Waals surface area contributed by atoms with E-state index in [1.54, 1.807) is 7.11 Å². The van der Waals surface area contributed by atoms with Crippen LogP contribution in [0.5, 0.6) is 5.75 Å². The zero-order chi connectivity index (χ0) is 19.6. The van der Waals surface area contributed by atoms with Gasteiger partial charge in [-0.2, -0.15) is 0 Å². The summed E-state index contributed by atoms with van der Waals surface area (Å²) in [6.07, 6.45) is 0.438. The van der Waals surface area contributed by atoms with Gasteiger partial charge in [-0.25, -0.2) is 0 Å². The summed E-state index contributed by atoms with van der Waals surface area (Å²) in [6, 6.07) is 14.1. The van der Waals surface area contributed by atoms with Crippen LogP contribution < -0.4 is 20.3 Å². The van der Waals surface area contributed by atoms with Gasteiger partial charge in [0.15, 0.2) is 0 Å². The molecule has 0 atom stereocenters. The smallest absolute Gasteiger partial charge is 0.222 e. The molecule has 27 heavy (non-hydrogen) atoms. The first kappa shape index (κ1) is 20.6. The lowest BCUT2D eigenvalue weighted by Gasteiger charge is -2.22. The zero-order valence-corrected chi connectivity index (χ0v) is 16.8. The Hall–Kier alpha value is -2.69. The van der Waals surface area contributed by atoms with Crippen LogP contribution in [0.2, 0.25) is 0 Å². The number of hydrogen-bond donors (Lipinski definition) is 2. The van der Waals surface area contributed by atoms with E-state index in [-0.39, 0.29) is 5.91 Å². The highest BCUT2D eigenvalue weighted by molar-refractivity contribution is 5.76. The van der Waals surface area contributed by atoms with Crippen molar-refractivity contribution in [2.75, 3.05) is 37.0 Å². The quantitative estimate of drug-likeness (QED) is 0.665. The number of nitrogens with zero attached hydrogens (tertiary/aromatic N) is 1. The molecule has 2 aromatic rings. The summed E-state index contributed by atoms with van der Waals surface area (Å²) < 4.78 is 5.13. The number of aryl methyl sites for hydroxylation is 1. The van der Waals surface area contributed by atoms with Crippen LogP contribution >= 0.6 is 0 Å². The highest BCUT2D eigenvalue weighted by Crippen LogP contribution is 2.22. The second kappa shape index (κ2) is 10.5. The summed E-state index contributed by atoms with van der Waals surface area (Å²) in [5.41, 5.74) is 4.56. The summed E-state index contributed by atoms with van der Waals surface area (Å²) in [5, 5.41) is 6.31. The van der Waals surface area contributed by atoms with Crippen LogP contribution in [0.4, 0.5) is 11.4 Å². The minimum absolute atomic E-state index is 0.0377. The Bertz CT molecular complexity index is 725. The van der Waals surface area contributed by atoms with Crippen LogP contribution in [-0.4, -0.2) is 32.7 Å². The summed E-state index contributed by atoms with van der Waals surface area (Å²) in [4.78, 5) is 14.4. The van der Waals surface area contributed by atoms with Gasteiger partial charge >= 0.3 is 0 Å². The van der Waals surface area contributed by atoms with E-state index in [0.29, 0.717) is 19.5 Å². The first-order valence-electron chi connectivity index (χ1n) is 9.56. The van der Waals surface area contributed by atoms with Crippen LogP contribution in [0.1, 0.15) is 31.4 Å². The highest BCUT2D eigenvalue weighted by Gasteiger charge is 2.06. The molecule has 0 radical (unpaired) electrons. The van der Waals surface area contributed by atoms with Gasteiger partial charge in [-0.15, -0.1) is 0 Å². The highest BCUT2D eigenvalue weighted by atomic mass is 16.5. The fourth-order valence-electron chi connectivity index (χ4n) is 2.97.